The Kier molecular flexibility index (Phi) is 5.77. The quantitative estimate of drug-likeness (QED) is 0.438. The molecule has 33 heavy (non-hydrogen) atoms. The number of nitrogens with zero attached hydrogens (tertiary/aromatic N) is 1. The first-order chi connectivity index (χ1) is 16.1. The number of carbonyl (C=O) groups excluding carboxylic acids is 1. The van der Waals surface area contributed by atoms with E-state index >= 15 is 0 Å². The number of likely N-dealkylation sites (N-methyl/N-ethyl adjacent to an activating group) is 1. The van der Waals surface area contributed by atoms with E-state index in [1.807, 2.05) is 67.7 Å². The number of ketones is 1. The molecule has 3 aromatic carbocycles. The van der Waals surface area contributed by atoms with Gasteiger partial charge in [-0.05, 0) is 49.4 Å². The zero-order chi connectivity index (χ0) is 22.8. The summed E-state index contributed by atoms with van der Waals surface area (Å²) in [5.74, 6) is 8.41. The fourth-order valence-corrected chi connectivity index (χ4v) is 4.51. The molecule has 3 aromatic rings. The predicted octanol–water partition coefficient (Wildman–Crippen LogP) is 4.63. The fourth-order valence-electron chi connectivity index (χ4n) is 4.51. The number of benzene rings is 3. The molecular weight excluding hydrogens is 414 g/mol. The molecule has 2 aliphatic rings. The number of carbonyl (C=O) groups is 1. The van der Waals surface area contributed by atoms with Crippen molar-refractivity contribution in [1.29, 1.82) is 0 Å². The van der Waals surface area contributed by atoms with Gasteiger partial charge in [-0.1, -0.05) is 42.2 Å². The molecule has 0 saturated heterocycles. The minimum Gasteiger partial charge on any atom is -0.492 e. The van der Waals surface area contributed by atoms with E-state index in [0.29, 0.717) is 29.2 Å². The van der Waals surface area contributed by atoms with Gasteiger partial charge in [0.2, 0.25) is 12.5 Å². The second kappa shape index (κ2) is 9.01. The van der Waals surface area contributed by atoms with Crippen LogP contribution in [0.15, 0.2) is 60.7 Å². The average molecular weight is 440 g/mol. The van der Waals surface area contributed by atoms with Crippen molar-refractivity contribution < 1.29 is 19.0 Å². The molecule has 2 heterocycles. The summed E-state index contributed by atoms with van der Waals surface area (Å²) in [6.07, 6.45) is 1.21. The van der Waals surface area contributed by atoms with Crippen molar-refractivity contribution in [3.05, 3.63) is 88.5 Å². The summed E-state index contributed by atoms with van der Waals surface area (Å²) in [5, 5.41) is 0. The van der Waals surface area contributed by atoms with Gasteiger partial charge >= 0.3 is 0 Å². The van der Waals surface area contributed by atoms with Gasteiger partial charge in [0.25, 0.3) is 0 Å². The van der Waals surface area contributed by atoms with Crippen LogP contribution in [0.4, 0.5) is 0 Å². The van der Waals surface area contributed by atoms with E-state index in [2.05, 4.69) is 16.7 Å². The van der Waals surface area contributed by atoms with Crippen LogP contribution in [0.2, 0.25) is 0 Å². The van der Waals surface area contributed by atoms with Crippen molar-refractivity contribution in [3.63, 3.8) is 0 Å². The lowest BCUT2D eigenvalue weighted by molar-refractivity contribution is 0.0925. The highest BCUT2D eigenvalue weighted by Crippen LogP contribution is 2.50. The third-order valence-corrected chi connectivity index (χ3v) is 6.24. The number of methoxy groups -OCH3 is 1. The van der Waals surface area contributed by atoms with Gasteiger partial charge in [-0.3, -0.25) is 9.69 Å². The summed E-state index contributed by atoms with van der Waals surface area (Å²) in [5.41, 5.74) is 4.59. The van der Waals surface area contributed by atoms with Gasteiger partial charge in [-0.2, -0.15) is 0 Å². The largest absolute Gasteiger partial charge is 0.492 e. The maximum atomic E-state index is 13.4. The summed E-state index contributed by atoms with van der Waals surface area (Å²) in [6, 6.07) is 19.3. The Hall–Kier alpha value is -3.75. The minimum absolute atomic E-state index is 0.0720. The van der Waals surface area contributed by atoms with Gasteiger partial charge in [0.05, 0.1) is 7.11 Å². The SMILES string of the molecule is COc1c2c(cc3c1[C@@H](CC(=O)c1cccc(C#Cc4ccccc4)c1)N(C)CC3)OCO2. The van der Waals surface area contributed by atoms with E-state index in [1.165, 1.54) is 0 Å². The van der Waals surface area contributed by atoms with E-state index < -0.39 is 0 Å². The molecule has 0 unspecified atom stereocenters. The number of hydrogen-bond acceptors (Lipinski definition) is 5. The van der Waals surface area contributed by atoms with Crippen molar-refractivity contribution in [1.82, 2.24) is 4.90 Å². The first kappa shape index (κ1) is 21.1. The molecule has 0 N–H and O–H groups in total. The summed E-state index contributed by atoms with van der Waals surface area (Å²) in [7, 11) is 3.69. The van der Waals surface area contributed by atoms with Gasteiger partial charge in [0, 0.05) is 41.3 Å². The fraction of sp³-hybridized carbons (Fsp3) is 0.250. The van der Waals surface area contributed by atoms with Crippen LogP contribution in [0.5, 0.6) is 17.2 Å². The third kappa shape index (κ3) is 4.18. The molecule has 0 bridgehead atoms. The van der Waals surface area contributed by atoms with Crippen molar-refractivity contribution in [2.45, 2.75) is 18.9 Å². The predicted molar refractivity (Wildman–Crippen MR) is 126 cm³/mol. The van der Waals surface area contributed by atoms with Gasteiger partial charge < -0.3 is 14.2 Å². The van der Waals surface area contributed by atoms with Crippen molar-refractivity contribution in [3.8, 4) is 29.1 Å². The number of Topliss-reactive ketones (excluding diaryl/α,β-unsaturated/α-hetero) is 1. The van der Waals surface area contributed by atoms with Crippen LogP contribution < -0.4 is 14.2 Å². The Morgan fingerprint density at radius 1 is 1.06 bits per heavy atom. The maximum Gasteiger partial charge on any atom is 0.231 e. The van der Waals surface area contributed by atoms with Crippen molar-refractivity contribution in [2.24, 2.45) is 0 Å². The van der Waals surface area contributed by atoms with Gasteiger partial charge in [0.15, 0.2) is 17.3 Å². The number of ether oxygens (including phenoxy) is 3. The second-order valence-corrected chi connectivity index (χ2v) is 8.29. The average Bonchev–Trinajstić information content (AvgIpc) is 3.32. The Bertz CT molecular complexity index is 1260. The molecular formula is C28H25NO4. The van der Waals surface area contributed by atoms with Crippen LogP contribution in [0.1, 0.15) is 45.1 Å². The first-order valence-electron chi connectivity index (χ1n) is 11.0. The minimum atomic E-state index is -0.107. The zero-order valence-corrected chi connectivity index (χ0v) is 18.8. The second-order valence-electron chi connectivity index (χ2n) is 8.29. The van der Waals surface area contributed by atoms with Crippen LogP contribution in [0.3, 0.4) is 0 Å². The molecule has 5 rings (SSSR count). The topological polar surface area (TPSA) is 48.0 Å². The van der Waals surface area contributed by atoms with Crippen molar-refractivity contribution >= 4 is 5.78 Å². The normalized spacial score (nSPS) is 16.5. The molecule has 0 amide bonds. The third-order valence-electron chi connectivity index (χ3n) is 6.24. The Balaban J connectivity index is 1.43. The van der Waals surface area contributed by atoms with E-state index in [0.717, 1.165) is 35.2 Å². The molecule has 5 nitrogen and oxygen atoms in total. The van der Waals surface area contributed by atoms with E-state index in [9.17, 15) is 4.79 Å². The van der Waals surface area contributed by atoms with Gasteiger partial charge in [-0.15, -0.1) is 0 Å². The van der Waals surface area contributed by atoms with E-state index in [-0.39, 0.29) is 18.6 Å². The Morgan fingerprint density at radius 2 is 1.85 bits per heavy atom. The summed E-state index contributed by atoms with van der Waals surface area (Å²) in [6.45, 7) is 1.04. The maximum absolute atomic E-state index is 13.4. The summed E-state index contributed by atoms with van der Waals surface area (Å²) >= 11 is 0. The summed E-state index contributed by atoms with van der Waals surface area (Å²) in [4.78, 5) is 15.6. The number of hydrogen-bond donors (Lipinski definition) is 0. The van der Waals surface area contributed by atoms with Crippen molar-refractivity contribution in [2.75, 3.05) is 27.5 Å². The molecule has 0 saturated carbocycles. The van der Waals surface area contributed by atoms with Crippen LogP contribution in [0.25, 0.3) is 0 Å². The van der Waals surface area contributed by atoms with Gasteiger partial charge in [-0.25, -0.2) is 0 Å². The lowest BCUT2D eigenvalue weighted by Crippen LogP contribution is -2.34. The zero-order valence-electron chi connectivity index (χ0n) is 18.8. The molecule has 0 spiro atoms. The molecule has 0 fully saturated rings. The molecule has 0 aliphatic carbocycles. The number of rotatable bonds is 4. The monoisotopic (exact) mass is 439 g/mol. The molecule has 2 aliphatic heterocycles. The molecule has 0 aromatic heterocycles. The van der Waals surface area contributed by atoms with E-state index in [1.54, 1.807) is 7.11 Å². The smallest absolute Gasteiger partial charge is 0.231 e. The van der Waals surface area contributed by atoms with Crippen LogP contribution in [-0.2, 0) is 6.42 Å². The van der Waals surface area contributed by atoms with Crippen LogP contribution in [0, 0.1) is 11.8 Å². The lowest BCUT2D eigenvalue weighted by atomic mass is 9.87. The molecule has 5 heteroatoms. The molecule has 166 valence electrons. The highest BCUT2D eigenvalue weighted by atomic mass is 16.7. The standard InChI is InChI=1S/C28H25NO4/c1-29-14-13-22-16-25-27(33-18-32-25)28(31-2)26(22)23(29)17-24(30)21-10-6-9-20(15-21)12-11-19-7-4-3-5-8-19/h3-10,15-16,23H,13-14,17-18H2,1-2H3/t23-/m1/s1. The van der Waals surface area contributed by atoms with Crippen LogP contribution in [-0.4, -0.2) is 38.2 Å². The van der Waals surface area contributed by atoms with Crippen LogP contribution >= 0.6 is 0 Å². The number of fused-ring (bicyclic) bond motifs is 2. The molecule has 1 atom stereocenters. The lowest BCUT2D eigenvalue weighted by Gasteiger charge is -2.35. The first-order valence-corrected chi connectivity index (χ1v) is 11.0. The highest BCUT2D eigenvalue weighted by molar-refractivity contribution is 5.97. The Morgan fingerprint density at radius 3 is 2.67 bits per heavy atom. The summed E-state index contributed by atoms with van der Waals surface area (Å²) < 4.78 is 17.0. The van der Waals surface area contributed by atoms with Gasteiger partial charge in [0.1, 0.15) is 0 Å². The van der Waals surface area contributed by atoms with E-state index in [4.69, 9.17) is 14.2 Å². The molecule has 0 radical (unpaired) electrons. The Labute approximate surface area is 193 Å². The highest BCUT2D eigenvalue weighted by Gasteiger charge is 2.35.